The highest BCUT2D eigenvalue weighted by atomic mass is 16.6. The minimum atomic E-state index is -0.472. The van der Waals surface area contributed by atoms with Crippen LogP contribution in [-0.4, -0.2) is 36.5 Å². The molecule has 1 aliphatic heterocycles. The van der Waals surface area contributed by atoms with Crippen LogP contribution in [-0.2, 0) is 4.79 Å². The first-order valence-corrected chi connectivity index (χ1v) is 5.60. The van der Waals surface area contributed by atoms with E-state index < -0.39 is 16.9 Å². The number of benzene rings is 1. The molecule has 0 aliphatic carbocycles. The highest BCUT2D eigenvalue weighted by molar-refractivity contribution is 5.84. The van der Waals surface area contributed by atoms with Gasteiger partial charge in [0.2, 0.25) is 5.91 Å². The standard InChI is InChI=1S/C11H14N4O3/c12-11(16)10-7-13-4-5-14(10)8-2-1-3-9(6-8)15(17)18/h1-3,6,10,13H,4-5,7H2,(H2,12,16). The summed E-state index contributed by atoms with van der Waals surface area (Å²) in [6, 6.07) is 5.76. The van der Waals surface area contributed by atoms with Gasteiger partial charge in [-0.3, -0.25) is 14.9 Å². The number of non-ortho nitro benzene ring substituents is 1. The summed E-state index contributed by atoms with van der Waals surface area (Å²) in [5, 5.41) is 13.8. The van der Waals surface area contributed by atoms with E-state index in [1.165, 1.54) is 12.1 Å². The van der Waals surface area contributed by atoms with Crippen molar-refractivity contribution in [1.29, 1.82) is 0 Å². The Labute approximate surface area is 104 Å². The van der Waals surface area contributed by atoms with Gasteiger partial charge in [-0.05, 0) is 6.07 Å². The smallest absolute Gasteiger partial charge is 0.271 e. The van der Waals surface area contributed by atoms with Gasteiger partial charge in [0.1, 0.15) is 6.04 Å². The van der Waals surface area contributed by atoms with Gasteiger partial charge in [-0.15, -0.1) is 0 Å². The van der Waals surface area contributed by atoms with Gasteiger partial charge in [0, 0.05) is 37.5 Å². The summed E-state index contributed by atoms with van der Waals surface area (Å²) in [6.45, 7) is 1.76. The number of primary amides is 1. The van der Waals surface area contributed by atoms with Crippen LogP contribution in [0, 0.1) is 10.1 Å². The molecule has 1 aromatic carbocycles. The predicted octanol–water partition coefficient (Wildman–Crippen LogP) is -0.142. The summed E-state index contributed by atoms with van der Waals surface area (Å²) in [5.74, 6) is -0.436. The Morgan fingerprint density at radius 1 is 1.56 bits per heavy atom. The third kappa shape index (κ3) is 2.40. The summed E-state index contributed by atoms with van der Waals surface area (Å²) < 4.78 is 0. The van der Waals surface area contributed by atoms with E-state index in [1.807, 2.05) is 0 Å². The maximum atomic E-state index is 11.4. The van der Waals surface area contributed by atoms with Crippen LogP contribution in [0.1, 0.15) is 0 Å². The number of nitrogens with one attached hydrogen (secondary N) is 1. The van der Waals surface area contributed by atoms with Crippen LogP contribution in [0.4, 0.5) is 11.4 Å². The van der Waals surface area contributed by atoms with E-state index in [0.29, 0.717) is 25.3 Å². The van der Waals surface area contributed by atoms with Crippen molar-refractivity contribution in [3.8, 4) is 0 Å². The molecule has 1 unspecified atom stereocenters. The van der Waals surface area contributed by atoms with E-state index >= 15 is 0 Å². The number of rotatable bonds is 3. The van der Waals surface area contributed by atoms with Crippen molar-refractivity contribution in [3.05, 3.63) is 34.4 Å². The van der Waals surface area contributed by atoms with E-state index in [9.17, 15) is 14.9 Å². The van der Waals surface area contributed by atoms with E-state index in [1.54, 1.807) is 17.0 Å². The van der Waals surface area contributed by atoms with Gasteiger partial charge in [0.05, 0.1) is 4.92 Å². The fourth-order valence-corrected chi connectivity index (χ4v) is 2.05. The van der Waals surface area contributed by atoms with E-state index in [4.69, 9.17) is 5.73 Å². The molecule has 0 radical (unpaired) electrons. The lowest BCUT2D eigenvalue weighted by atomic mass is 10.1. The van der Waals surface area contributed by atoms with E-state index in [0.717, 1.165) is 0 Å². The lowest BCUT2D eigenvalue weighted by Crippen LogP contribution is -2.57. The number of hydrogen-bond donors (Lipinski definition) is 2. The Kier molecular flexibility index (Phi) is 3.42. The molecule has 7 nitrogen and oxygen atoms in total. The van der Waals surface area contributed by atoms with Crippen LogP contribution in [0.2, 0.25) is 0 Å². The van der Waals surface area contributed by atoms with Gasteiger partial charge in [-0.2, -0.15) is 0 Å². The fraction of sp³-hybridized carbons (Fsp3) is 0.364. The molecule has 0 spiro atoms. The average Bonchev–Trinajstić information content (AvgIpc) is 2.39. The second kappa shape index (κ2) is 5.01. The molecule has 7 heteroatoms. The molecule has 2 rings (SSSR count). The maximum absolute atomic E-state index is 11.4. The summed E-state index contributed by atoms with van der Waals surface area (Å²) in [5.41, 5.74) is 5.99. The first-order chi connectivity index (χ1) is 8.59. The van der Waals surface area contributed by atoms with Gasteiger partial charge in [-0.1, -0.05) is 6.07 Å². The fourth-order valence-electron chi connectivity index (χ4n) is 2.05. The summed E-state index contributed by atoms with van der Waals surface area (Å²) >= 11 is 0. The summed E-state index contributed by atoms with van der Waals surface area (Å²) in [4.78, 5) is 23.4. The zero-order chi connectivity index (χ0) is 13.1. The SMILES string of the molecule is NC(=O)C1CNCCN1c1cccc([N+](=O)[O-])c1. The molecule has 1 fully saturated rings. The van der Waals surface area contributed by atoms with E-state index in [-0.39, 0.29) is 5.69 Å². The van der Waals surface area contributed by atoms with Gasteiger partial charge < -0.3 is 16.0 Å². The maximum Gasteiger partial charge on any atom is 0.271 e. The van der Waals surface area contributed by atoms with Gasteiger partial charge in [0.25, 0.3) is 5.69 Å². The van der Waals surface area contributed by atoms with Gasteiger partial charge >= 0.3 is 0 Å². The molecular formula is C11H14N4O3. The largest absolute Gasteiger partial charge is 0.368 e. The molecule has 1 aliphatic rings. The molecular weight excluding hydrogens is 236 g/mol. The Morgan fingerprint density at radius 3 is 3.00 bits per heavy atom. The lowest BCUT2D eigenvalue weighted by Gasteiger charge is -2.35. The van der Waals surface area contributed by atoms with Crippen molar-refractivity contribution < 1.29 is 9.72 Å². The monoisotopic (exact) mass is 250 g/mol. The number of hydrogen-bond acceptors (Lipinski definition) is 5. The Hall–Kier alpha value is -2.15. The zero-order valence-corrected chi connectivity index (χ0v) is 9.70. The molecule has 1 amide bonds. The topological polar surface area (TPSA) is 102 Å². The molecule has 18 heavy (non-hydrogen) atoms. The van der Waals surface area contributed by atoms with Gasteiger partial charge in [-0.25, -0.2) is 0 Å². The molecule has 1 saturated heterocycles. The van der Waals surface area contributed by atoms with Crippen molar-refractivity contribution in [2.24, 2.45) is 5.73 Å². The molecule has 1 heterocycles. The van der Waals surface area contributed by atoms with Crippen molar-refractivity contribution in [1.82, 2.24) is 5.32 Å². The highest BCUT2D eigenvalue weighted by Crippen LogP contribution is 2.23. The molecule has 0 aromatic heterocycles. The van der Waals surface area contributed by atoms with Crippen LogP contribution in [0.15, 0.2) is 24.3 Å². The number of nitro groups is 1. The molecule has 0 saturated carbocycles. The first kappa shape index (κ1) is 12.3. The molecule has 96 valence electrons. The quantitative estimate of drug-likeness (QED) is 0.574. The van der Waals surface area contributed by atoms with Crippen LogP contribution >= 0.6 is 0 Å². The number of nitrogens with zero attached hydrogens (tertiary/aromatic N) is 2. The first-order valence-electron chi connectivity index (χ1n) is 5.60. The molecule has 1 aromatic rings. The Balaban J connectivity index is 2.30. The zero-order valence-electron chi connectivity index (χ0n) is 9.70. The number of carbonyl (C=O) groups excluding carboxylic acids is 1. The normalized spacial score (nSPS) is 19.6. The van der Waals surface area contributed by atoms with E-state index in [2.05, 4.69) is 5.32 Å². The number of carbonyl (C=O) groups is 1. The third-order valence-electron chi connectivity index (χ3n) is 2.94. The van der Waals surface area contributed by atoms with Crippen molar-refractivity contribution in [2.45, 2.75) is 6.04 Å². The van der Waals surface area contributed by atoms with Crippen LogP contribution in [0.5, 0.6) is 0 Å². The summed E-state index contributed by atoms with van der Waals surface area (Å²) in [6.07, 6.45) is 0. The van der Waals surface area contributed by atoms with Crippen molar-refractivity contribution in [2.75, 3.05) is 24.5 Å². The number of piperazine rings is 1. The van der Waals surface area contributed by atoms with Crippen LogP contribution in [0.25, 0.3) is 0 Å². The number of nitrogens with two attached hydrogens (primary N) is 1. The molecule has 0 bridgehead atoms. The third-order valence-corrected chi connectivity index (χ3v) is 2.94. The minimum absolute atomic E-state index is 0.00857. The van der Waals surface area contributed by atoms with Crippen LogP contribution in [0.3, 0.4) is 0 Å². The van der Waals surface area contributed by atoms with Crippen molar-refractivity contribution in [3.63, 3.8) is 0 Å². The second-order valence-electron chi connectivity index (χ2n) is 4.09. The van der Waals surface area contributed by atoms with Gasteiger partial charge in [0.15, 0.2) is 0 Å². The second-order valence-corrected chi connectivity index (χ2v) is 4.09. The predicted molar refractivity (Wildman–Crippen MR) is 66.3 cm³/mol. The van der Waals surface area contributed by atoms with Crippen LogP contribution < -0.4 is 16.0 Å². The number of anilines is 1. The lowest BCUT2D eigenvalue weighted by molar-refractivity contribution is -0.384. The highest BCUT2D eigenvalue weighted by Gasteiger charge is 2.27. The Morgan fingerprint density at radius 2 is 2.33 bits per heavy atom. The average molecular weight is 250 g/mol. The summed E-state index contributed by atoms with van der Waals surface area (Å²) in [7, 11) is 0. The minimum Gasteiger partial charge on any atom is -0.368 e. The van der Waals surface area contributed by atoms with Crippen molar-refractivity contribution >= 4 is 17.3 Å². The number of nitro benzene ring substituents is 1. The molecule has 1 atom stereocenters. The number of amides is 1. The molecule has 3 N–H and O–H groups in total. The Bertz CT molecular complexity index is 477.